The van der Waals surface area contributed by atoms with Crippen molar-refractivity contribution in [2.24, 2.45) is 0 Å². The van der Waals surface area contributed by atoms with E-state index in [4.69, 9.17) is 4.74 Å². The Morgan fingerprint density at radius 1 is 1.27 bits per heavy atom. The monoisotopic (exact) mass is 199 g/mol. The van der Waals surface area contributed by atoms with Gasteiger partial charge in [0.25, 0.3) is 0 Å². The molecule has 0 spiro atoms. The lowest BCUT2D eigenvalue weighted by Gasteiger charge is -2.10. The van der Waals surface area contributed by atoms with Crippen LogP contribution in [0.5, 0.6) is 5.75 Å². The lowest BCUT2D eigenvalue weighted by Crippen LogP contribution is -1.91. The molecule has 0 radical (unpaired) electrons. The summed E-state index contributed by atoms with van der Waals surface area (Å²) < 4.78 is 5.43. The lowest BCUT2D eigenvalue weighted by molar-refractivity contribution is 0.411. The Kier molecular flexibility index (Phi) is 1.81. The zero-order valence-corrected chi connectivity index (χ0v) is 8.71. The quantitative estimate of drug-likeness (QED) is 0.762. The number of fused-ring (bicyclic) bond motifs is 3. The van der Waals surface area contributed by atoms with Crippen LogP contribution in [0.4, 0.5) is 5.69 Å². The summed E-state index contributed by atoms with van der Waals surface area (Å²) >= 11 is 0. The summed E-state index contributed by atoms with van der Waals surface area (Å²) in [5.41, 5.74) is 2.57. The maximum atomic E-state index is 5.43. The average molecular weight is 199 g/mol. The van der Waals surface area contributed by atoms with Crippen molar-refractivity contribution in [1.82, 2.24) is 0 Å². The fourth-order valence-corrected chi connectivity index (χ4v) is 2.31. The highest BCUT2D eigenvalue weighted by Crippen LogP contribution is 2.38. The van der Waals surface area contributed by atoms with Crippen LogP contribution in [0.3, 0.4) is 0 Å². The molecule has 0 saturated heterocycles. The number of rotatable bonds is 1. The summed E-state index contributed by atoms with van der Waals surface area (Å²) in [4.78, 5) is 0. The van der Waals surface area contributed by atoms with E-state index < -0.39 is 0 Å². The normalized spacial score (nSPS) is 13.7. The SMILES string of the molecule is COc1cc2ccccc2c2c1CCN2. The first-order chi connectivity index (χ1) is 7.40. The van der Waals surface area contributed by atoms with Gasteiger partial charge in [0.05, 0.1) is 7.11 Å². The molecule has 0 saturated carbocycles. The first kappa shape index (κ1) is 8.60. The number of hydrogen-bond acceptors (Lipinski definition) is 2. The van der Waals surface area contributed by atoms with E-state index in [2.05, 4.69) is 35.6 Å². The van der Waals surface area contributed by atoms with E-state index in [-0.39, 0.29) is 0 Å². The molecule has 15 heavy (non-hydrogen) atoms. The Labute approximate surface area is 88.9 Å². The third kappa shape index (κ3) is 1.18. The van der Waals surface area contributed by atoms with Gasteiger partial charge in [-0.3, -0.25) is 0 Å². The maximum absolute atomic E-state index is 5.43. The van der Waals surface area contributed by atoms with Crippen LogP contribution >= 0.6 is 0 Å². The summed E-state index contributed by atoms with van der Waals surface area (Å²) in [5.74, 6) is 1.01. The number of ether oxygens (including phenoxy) is 1. The summed E-state index contributed by atoms with van der Waals surface area (Å²) in [5, 5.41) is 5.97. The van der Waals surface area contributed by atoms with Crippen molar-refractivity contribution in [1.29, 1.82) is 0 Å². The van der Waals surface area contributed by atoms with Crippen LogP contribution in [0.2, 0.25) is 0 Å². The van der Waals surface area contributed by atoms with Crippen molar-refractivity contribution in [2.75, 3.05) is 19.0 Å². The first-order valence-corrected chi connectivity index (χ1v) is 5.22. The molecule has 2 aromatic rings. The Balaban J connectivity index is 2.40. The molecule has 2 nitrogen and oxygen atoms in total. The van der Waals surface area contributed by atoms with Crippen LogP contribution in [-0.2, 0) is 6.42 Å². The van der Waals surface area contributed by atoms with Gasteiger partial charge in [-0.2, -0.15) is 0 Å². The molecule has 0 fully saturated rings. The number of nitrogens with one attached hydrogen (secondary N) is 1. The predicted molar refractivity (Wildman–Crippen MR) is 62.7 cm³/mol. The van der Waals surface area contributed by atoms with E-state index in [0.717, 1.165) is 18.7 Å². The summed E-state index contributed by atoms with van der Waals surface area (Å²) in [6.07, 6.45) is 1.06. The van der Waals surface area contributed by atoms with Gasteiger partial charge in [-0.25, -0.2) is 0 Å². The second-order valence-electron chi connectivity index (χ2n) is 3.83. The minimum Gasteiger partial charge on any atom is -0.496 e. The predicted octanol–water partition coefficient (Wildman–Crippen LogP) is 2.82. The molecule has 1 heterocycles. The number of benzene rings is 2. The average Bonchev–Trinajstić information content (AvgIpc) is 2.77. The van der Waals surface area contributed by atoms with Crippen LogP contribution in [0, 0.1) is 0 Å². The molecule has 1 aliphatic rings. The van der Waals surface area contributed by atoms with Crippen molar-refractivity contribution in [2.45, 2.75) is 6.42 Å². The molecule has 0 aliphatic carbocycles. The largest absolute Gasteiger partial charge is 0.496 e. The molecule has 0 bridgehead atoms. The molecule has 2 heteroatoms. The molecule has 0 unspecified atom stereocenters. The fraction of sp³-hybridized carbons (Fsp3) is 0.231. The maximum Gasteiger partial charge on any atom is 0.124 e. The van der Waals surface area contributed by atoms with Crippen LogP contribution in [0.1, 0.15) is 5.56 Å². The van der Waals surface area contributed by atoms with Gasteiger partial charge in [0.15, 0.2) is 0 Å². The zero-order valence-electron chi connectivity index (χ0n) is 8.71. The Morgan fingerprint density at radius 2 is 2.13 bits per heavy atom. The molecule has 0 aromatic heterocycles. The van der Waals surface area contributed by atoms with Crippen LogP contribution < -0.4 is 10.1 Å². The van der Waals surface area contributed by atoms with Gasteiger partial charge in [-0.1, -0.05) is 24.3 Å². The first-order valence-electron chi connectivity index (χ1n) is 5.22. The number of hydrogen-bond donors (Lipinski definition) is 1. The fourth-order valence-electron chi connectivity index (χ4n) is 2.31. The van der Waals surface area contributed by atoms with E-state index in [1.165, 1.54) is 22.0 Å². The zero-order chi connectivity index (χ0) is 10.3. The smallest absolute Gasteiger partial charge is 0.124 e. The number of anilines is 1. The van der Waals surface area contributed by atoms with E-state index >= 15 is 0 Å². The number of methoxy groups -OCH3 is 1. The summed E-state index contributed by atoms with van der Waals surface area (Å²) in [6, 6.07) is 10.5. The highest BCUT2D eigenvalue weighted by molar-refractivity contribution is 5.98. The standard InChI is InChI=1S/C13H13NO/c1-15-12-8-9-4-2-3-5-10(9)13-11(12)6-7-14-13/h2-5,8,14H,6-7H2,1H3. The summed E-state index contributed by atoms with van der Waals surface area (Å²) in [6.45, 7) is 1.01. The summed E-state index contributed by atoms with van der Waals surface area (Å²) in [7, 11) is 1.74. The van der Waals surface area contributed by atoms with Gasteiger partial charge in [0, 0.05) is 23.2 Å². The van der Waals surface area contributed by atoms with E-state index in [1.54, 1.807) is 7.11 Å². The highest BCUT2D eigenvalue weighted by Gasteiger charge is 2.17. The lowest BCUT2D eigenvalue weighted by atomic mass is 10.0. The second kappa shape index (κ2) is 3.16. The van der Waals surface area contributed by atoms with E-state index in [9.17, 15) is 0 Å². The molecule has 1 N–H and O–H groups in total. The minimum absolute atomic E-state index is 1.01. The molecular weight excluding hydrogens is 186 g/mol. The molecule has 0 atom stereocenters. The van der Waals surface area contributed by atoms with Crippen LogP contribution in [-0.4, -0.2) is 13.7 Å². The van der Waals surface area contributed by atoms with Gasteiger partial charge >= 0.3 is 0 Å². The third-order valence-electron chi connectivity index (χ3n) is 3.01. The Morgan fingerprint density at radius 3 is 3.00 bits per heavy atom. The molecule has 2 aromatic carbocycles. The van der Waals surface area contributed by atoms with Gasteiger partial charge < -0.3 is 10.1 Å². The second-order valence-corrected chi connectivity index (χ2v) is 3.83. The van der Waals surface area contributed by atoms with E-state index in [0.29, 0.717) is 0 Å². The van der Waals surface area contributed by atoms with Crippen molar-refractivity contribution in [3.8, 4) is 5.75 Å². The minimum atomic E-state index is 1.01. The van der Waals surface area contributed by atoms with Crippen molar-refractivity contribution < 1.29 is 4.74 Å². The van der Waals surface area contributed by atoms with Gasteiger partial charge in [0.1, 0.15) is 5.75 Å². The van der Waals surface area contributed by atoms with Crippen LogP contribution in [0.25, 0.3) is 10.8 Å². The highest BCUT2D eigenvalue weighted by atomic mass is 16.5. The van der Waals surface area contributed by atoms with Crippen molar-refractivity contribution >= 4 is 16.5 Å². The Bertz CT molecular complexity index is 519. The van der Waals surface area contributed by atoms with Gasteiger partial charge in [-0.15, -0.1) is 0 Å². The topological polar surface area (TPSA) is 21.3 Å². The third-order valence-corrected chi connectivity index (χ3v) is 3.01. The van der Waals surface area contributed by atoms with Gasteiger partial charge in [0.2, 0.25) is 0 Å². The van der Waals surface area contributed by atoms with E-state index in [1.807, 2.05) is 0 Å². The Hall–Kier alpha value is -1.70. The molecule has 0 amide bonds. The van der Waals surface area contributed by atoms with Crippen molar-refractivity contribution in [3.05, 3.63) is 35.9 Å². The molecule has 76 valence electrons. The molecular formula is C13H13NO. The van der Waals surface area contributed by atoms with Crippen LogP contribution in [0.15, 0.2) is 30.3 Å². The van der Waals surface area contributed by atoms with Gasteiger partial charge in [-0.05, 0) is 17.9 Å². The molecule has 1 aliphatic heterocycles. The molecule has 3 rings (SSSR count). The van der Waals surface area contributed by atoms with Crippen molar-refractivity contribution in [3.63, 3.8) is 0 Å².